The SMILES string of the molecule is CO.OCCCC(CO)CO. The lowest BCUT2D eigenvalue weighted by atomic mass is 10.1. The summed E-state index contributed by atoms with van der Waals surface area (Å²) in [6, 6.07) is 0. The fourth-order valence-electron chi connectivity index (χ4n) is 0.620. The third kappa shape index (κ3) is 9.84. The van der Waals surface area contributed by atoms with Gasteiger partial charge in [-0.05, 0) is 12.8 Å². The number of hydrogen-bond donors (Lipinski definition) is 4. The van der Waals surface area contributed by atoms with Gasteiger partial charge in [0, 0.05) is 32.8 Å². The second-order valence-corrected chi connectivity index (χ2v) is 2.10. The largest absolute Gasteiger partial charge is 0.400 e. The van der Waals surface area contributed by atoms with E-state index in [9.17, 15) is 0 Å². The third-order valence-corrected chi connectivity index (χ3v) is 1.29. The molecule has 0 radical (unpaired) electrons. The van der Waals surface area contributed by atoms with Crippen LogP contribution in [0.15, 0.2) is 0 Å². The minimum atomic E-state index is -0.0443. The molecule has 11 heavy (non-hydrogen) atoms. The van der Waals surface area contributed by atoms with E-state index in [2.05, 4.69) is 0 Å². The Morgan fingerprint density at radius 1 is 1.00 bits per heavy atom. The number of rotatable bonds is 5. The van der Waals surface area contributed by atoms with Gasteiger partial charge in [-0.15, -0.1) is 0 Å². The van der Waals surface area contributed by atoms with Crippen LogP contribution in [0, 0.1) is 5.92 Å². The Morgan fingerprint density at radius 3 is 1.73 bits per heavy atom. The molecule has 4 N–H and O–H groups in total. The first-order valence-electron chi connectivity index (χ1n) is 3.62. The van der Waals surface area contributed by atoms with Crippen LogP contribution in [0.3, 0.4) is 0 Å². The van der Waals surface area contributed by atoms with Crippen LogP contribution in [-0.4, -0.2) is 47.4 Å². The lowest BCUT2D eigenvalue weighted by Gasteiger charge is -2.07. The second-order valence-electron chi connectivity index (χ2n) is 2.10. The molecule has 0 amide bonds. The van der Waals surface area contributed by atoms with E-state index in [1.807, 2.05) is 0 Å². The van der Waals surface area contributed by atoms with E-state index in [1.54, 1.807) is 0 Å². The summed E-state index contributed by atoms with van der Waals surface area (Å²) in [6.45, 7) is 0.156. The lowest BCUT2D eigenvalue weighted by molar-refractivity contribution is 0.136. The van der Waals surface area contributed by atoms with E-state index in [4.69, 9.17) is 20.4 Å². The minimum absolute atomic E-state index is 0.0104. The molecule has 0 saturated heterocycles. The molecule has 0 saturated carbocycles. The quantitative estimate of drug-likeness (QED) is 0.421. The lowest BCUT2D eigenvalue weighted by Crippen LogP contribution is -2.11. The molecular weight excluding hydrogens is 148 g/mol. The van der Waals surface area contributed by atoms with E-state index in [-0.39, 0.29) is 25.7 Å². The molecule has 0 aliphatic carbocycles. The Morgan fingerprint density at radius 2 is 1.45 bits per heavy atom. The highest BCUT2D eigenvalue weighted by atomic mass is 16.3. The van der Waals surface area contributed by atoms with Gasteiger partial charge in [0.2, 0.25) is 0 Å². The summed E-state index contributed by atoms with van der Waals surface area (Å²) in [7, 11) is 1.00. The molecule has 0 atom stereocenters. The van der Waals surface area contributed by atoms with Crippen molar-refractivity contribution in [2.45, 2.75) is 12.8 Å². The van der Waals surface area contributed by atoms with Gasteiger partial charge in [0.15, 0.2) is 0 Å². The fourth-order valence-corrected chi connectivity index (χ4v) is 0.620. The highest BCUT2D eigenvalue weighted by Gasteiger charge is 2.03. The van der Waals surface area contributed by atoms with Crippen LogP contribution >= 0.6 is 0 Å². The zero-order valence-corrected chi connectivity index (χ0v) is 6.90. The normalized spacial score (nSPS) is 9.27. The number of aliphatic hydroxyl groups is 4. The minimum Gasteiger partial charge on any atom is -0.400 e. The monoisotopic (exact) mass is 166 g/mol. The number of hydrogen-bond acceptors (Lipinski definition) is 4. The van der Waals surface area contributed by atoms with Crippen molar-refractivity contribution in [1.29, 1.82) is 0 Å². The molecule has 0 aromatic heterocycles. The van der Waals surface area contributed by atoms with Crippen molar-refractivity contribution in [2.24, 2.45) is 5.92 Å². The van der Waals surface area contributed by atoms with E-state index < -0.39 is 0 Å². The Balaban J connectivity index is 0. The molecule has 4 nitrogen and oxygen atoms in total. The molecule has 0 aliphatic rings. The third-order valence-electron chi connectivity index (χ3n) is 1.29. The standard InChI is InChI=1S/C6H14O3.CH4O/c7-3-1-2-6(4-8)5-9;1-2/h6-9H,1-5H2;2H,1H3. The summed E-state index contributed by atoms with van der Waals surface area (Å²) in [6.07, 6.45) is 1.36. The van der Waals surface area contributed by atoms with Crippen LogP contribution in [0.25, 0.3) is 0 Å². The zero-order chi connectivity index (χ0) is 9.11. The smallest absolute Gasteiger partial charge is 0.0481 e. The second kappa shape index (κ2) is 12.5. The molecule has 4 heteroatoms. The van der Waals surface area contributed by atoms with Crippen molar-refractivity contribution in [3.05, 3.63) is 0 Å². The van der Waals surface area contributed by atoms with Crippen molar-refractivity contribution in [1.82, 2.24) is 0 Å². The van der Waals surface area contributed by atoms with Crippen LogP contribution in [0.2, 0.25) is 0 Å². The van der Waals surface area contributed by atoms with Gasteiger partial charge in [-0.3, -0.25) is 0 Å². The Labute approximate surface area is 67.1 Å². The summed E-state index contributed by atoms with van der Waals surface area (Å²) in [4.78, 5) is 0. The molecule has 0 aliphatic heterocycles. The van der Waals surface area contributed by atoms with Crippen molar-refractivity contribution in [3.8, 4) is 0 Å². The molecule has 0 bridgehead atoms. The van der Waals surface area contributed by atoms with Crippen LogP contribution in [-0.2, 0) is 0 Å². The first-order chi connectivity index (χ1) is 5.35. The maximum absolute atomic E-state index is 8.51. The van der Waals surface area contributed by atoms with Crippen LogP contribution in [0.5, 0.6) is 0 Å². The average molecular weight is 166 g/mol. The maximum atomic E-state index is 8.51. The van der Waals surface area contributed by atoms with Crippen molar-refractivity contribution >= 4 is 0 Å². The molecular formula is C7H18O4. The Hall–Kier alpha value is -0.160. The van der Waals surface area contributed by atoms with Crippen molar-refractivity contribution < 1.29 is 20.4 Å². The van der Waals surface area contributed by atoms with E-state index >= 15 is 0 Å². The highest BCUT2D eigenvalue weighted by Crippen LogP contribution is 2.02. The maximum Gasteiger partial charge on any atom is 0.0481 e. The van der Waals surface area contributed by atoms with Crippen molar-refractivity contribution in [3.63, 3.8) is 0 Å². The van der Waals surface area contributed by atoms with Gasteiger partial charge in [0.05, 0.1) is 0 Å². The van der Waals surface area contributed by atoms with Gasteiger partial charge in [-0.1, -0.05) is 0 Å². The first kappa shape index (κ1) is 13.4. The Kier molecular flexibility index (Phi) is 15.3. The van der Waals surface area contributed by atoms with Gasteiger partial charge < -0.3 is 20.4 Å². The Bertz CT molecular complexity index is 54.4. The van der Waals surface area contributed by atoms with Crippen LogP contribution in [0.1, 0.15) is 12.8 Å². The average Bonchev–Trinajstić information content (AvgIpc) is 2.10. The molecule has 0 rings (SSSR count). The molecule has 0 aromatic rings. The number of aliphatic hydroxyl groups excluding tert-OH is 4. The van der Waals surface area contributed by atoms with Gasteiger partial charge in [-0.2, -0.15) is 0 Å². The molecule has 0 spiro atoms. The van der Waals surface area contributed by atoms with Crippen molar-refractivity contribution in [2.75, 3.05) is 26.9 Å². The summed E-state index contributed by atoms with van der Waals surface area (Å²) in [5, 5.41) is 32.4. The molecule has 0 aromatic carbocycles. The summed E-state index contributed by atoms with van der Waals surface area (Å²) < 4.78 is 0. The fraction of sp³-hybridized carbons (Fsp3) is 1.00. The summed E-state index contributed by atoms with van der Waals surface area (Å²) in [5.74, 6) is -0.0443. The molecule has 70 valence electrons. The summed E-state index contributed by atoms with van der Waals surface area (Å²) in [5.41, 5.74) is 0. The van der Waals surface area contributed by atoms with Gasteiger partial charge >= 0.3 is 0 Å². The first-order valence-corrected chi connectivity index (χ1v) is 3.62. The topological polar surface area (TPSA) is 80.9 Å². The predicted octanol–water partition coefficient (Wildman–Crippen LogP) is -1.03. The molecule has 0 fully saturated rings. The van der Waals surface area contributed by atoms with Gasteiger partial charge in [-0.25, -0.2) is 0 Å². The van der Waals surface area contributed by atoms with Gasteiger partial charge in [0.1, 0.15) is 0 Å². The predicted molar refractivity (Wildman–Crippen MR) is 42.1 cm³/mol. The van der Waals surface area contributed by atoms with Gasteiger partial charge in [0.25, 0.3) is 0 Å². The highest BCUT2D eigenvalue weighted by molar-refractivity contribution is 4.53. The van der Waals surface area contributed by atoms with Crippen LogP contribution < -0.4 is 0 Å². The van der Waals surface area contributed by atoms with E-state index in [0.717, 1.165) is 7.11 Å². The van der Waals surface area contributed by atoms with E-state index in [1.165, 1.54) is 0 Å². The van der Waals surface area contributed by atoms with Crippen LogP contribution in [0.4, 0.5) is 0 Å². The zero-order valence-electron chi connectivity index (χ0n) is 6.90. The molecule has 0 unspecified atom stereocenters. The molecule has 0 heterocycles. The summed E-state index contributed by atoms with van der Waals surface area (Å²) >= 11 is 0. The van der Waals surface area contributed by atoms with E-state index in [0.29, 0.717) is 12.8 Å².